The fraction of sp³-hybridized carbons (Fsp3) is 0.368. The topological polar surface area (TPSA) is 49.5 Å². The van der Waals surface area contributed by atoms with E-state index in [1.54, 1.807) is 0 Å². The van der Waals surface area contributed by atoms with Crippen LogP contribution in [0.25, 0.3) is 0 Å². The molecule has 2 aromatic rings. The third-order valence-corrected chi connectivity index (χ3v) is 4.59. The van der Waals surface area contributed by atoms with Gasteiger partial charge in [-0.1, -0.05) is 48.5 Å². The summed E-state index contributed by atoms with van der Waals surface area (Å²) >= 11 is 0. The third kappa shape index (κ3) is 2.59. The predicted molar refractivity (Wildman–Crippen MR) is 84.4 cm³/mol. The number of fused-ring (bicyclic) bond motifs is 3. The van der Waals surface area contributed by atoms with Crippen molar-refractivity contribution < 1.29 is 23.7 Å². The molecule has 0 aromatic heterocycles. The first-order chi connectivity index (χ1) is 11.9. The molecule has 1 unspecified atom stereocenters. The van der Waals surface area contributed by atoms with Crippen molar-refractivity contribution in [3.63, 3.8) is 0 Å². The van der Waals surface area contributed by atoms with E-state index in [2.05, 4.69) is 0 Å². The van der Waals surface area contributed by atoms with Crippen LogP contribution in [0.1, 0.15) is 11.9 Å². The minimum atomic E-state index is -0.417. The molecule has 5 rings (SSSR count). The summed E-state index contributed by atoms with van der Waals surface area (Å²) in [4.78, 5) is 0. The minimum absolute atomic E-state index is 0.00701. The van der Waals surface area contributed by atoms with Crippen LogP contribution < -0.4 is 4.74 Å². The lowest BCUT2D eigenvalue weighted by atomic mass is 10.0. The summed E-state index contributed by atoms with van der Waals surface area (Å²) in [6.45, 7) is 0.464. The molecule has 6 atom stereocenters. The molecule has 3 aliphatic rings. The maximum absolute atomic E-state index is 6.10. The Bertz CT molecular complexity index is 691. The fourth-order valence-corrected chi connectivity index (χ4v) is 3.33. The Morgan fingerprint density at radius 2 is 1.50 bits per heavy atom. The number of ether oxygens (including phenoxy) is 5. The fourth-order valence-electron chi connectivity index (χ4n) is 3.33. The van der Waals surface area contributed by atoms with Gasteiger partial charge in [0.1, 0.15) is 30.2 Å². The summed E-state index contributed by atoms with van der Waals surface area (Å²) in [5.41, 5.74) is 1.01. The second kappa shape index (κ2) is 5.86. The summed E-state index contributed by atoms with van der Waals surface area (Å²) in [6, 6.07) is 19.6. The summed E-state index contributed by atoms with van der Waals surface area (Å²) in [5.74, 6) is 0.773. The van der Waals surface area contributed by atoms with Crippen molar-refractivity contribution >= 4 is 0 Å². The van der Waals surface area contributed by atoms with Gasteiger partial charge in [-0.05, 0) is 12.1 Å². The van der Waals surface area contributed by atoms with Gasteiger partial charge in [0, 0.05) is 5.56 Å². The molecule has 3 aliphatic heterocycles. The Morgan fingerprint density at radius 3 is 2.29 bits per heavy atom. The van der Waals surface area contributed by atoms with Gasteiger partial charge in [0.05, 0.1) is 6.61 Å². The van der Waals surface area contributed by atoms with E-state index in [0.717, 1.165) is 11.3 Å². The lowest BCUT2D eigenvalue weighted by molar-refractivity contribution is -0.297. The van der Waals surface area contributed by atoms with Crippen molar-refractivity contribution in [3.8, 4) is 5.75 Å². The quantitative estimate of drug-likeness (QED) is 0.812. The summed E-state index contributed by atoms with van der Waals surface area (Å²) < 4.78 is 29.7. The maximum atomic E-state index is 6.10. The molecule has 2 aromatic carbocycles. The molecule has 3 saturated heterocycles. The number of rotatable bonds is 3. The highest BCUT2D eigenvalue weighted by molar-refractivity contribution is 5.22. The summed E-state index contributed by atoms with van der Waals surface area (Å²) in [7, 11) is 0. The van der Waals surface area contributed by atoms with Crippen molar-refractivity contribution in [1.29, 1.82) is 0 Å². The predicted octanol–water partition coefficient (Wildman–Crippen LogP) is 2.67. The molecule has 0 saturated carbocycles. The zero-order valence-corrected chi connectivity index (χ0v) is 13.0. The molecule has 5 nitrogen and oxygen atoms in total. The van der Waals surface area contributed by atoms with Crippen molar-refractivity contribution in [1.82, 2.24) is 0 Å². The van der Waals surface area contributed by atoms with Crippen LogP contribution in [-0.4, -0.2) is 37.3 Å². The molecule has 0 aliphatic carbocycles. The Kier molecular flexibility index (Phi) is 3.52. The molecule has 0 bridgehead atoms. The number of para-hydroxylation sites is 1. The SMILES string of the molecule is c1ccc(O[C@@H]2O[C@@H]3COC(c4ccccc4)O[C@H]3[C@H]3O[C@@H]23)cc1. The van der Waals surface area contributed by atoms with Gasteiger partial charge in [-0.3, -0.25) is 0 Å². The van der Waals surface area contributed by atoms with Crippen LogP contribution in [0.3, 0.4) is 0 Å². The number of epoxide rings is 1. The molecule has 24 heavy (non-hydrogen) atoms. The normalized spacial score (nSPS) is 37.2. The van der Waals surface area contributed by atoms with Gasteiger partial charge >= 0.3 is 0 Å². The molecule has 0 spiro atoms. The van der Waals surface area contributed by atoms with E-state index in [4.69, 9.17) is 23.7 Å². The first-order valence-corrected chi connectivity index (χ1v) is 8.23. The maximum Gasteiger partial charge on any atom is 0.229 e. The van der Waals surface area contributed by atoms with Gasteiger partial charge in [0.2, 0.25) is 6.29 Å². The second-order valence-corrected chi connectivity index (χ2v) is 6.22. The van der Waals surface area contributed by atoms with E-state index in [9.17, 15) is 0 Å². The molecule has 3 heterocycles. The Morgan fingerprint density at radius 1 is 0.750 bits per heavy atom. The van der Waals surface area contributed by atoms with Crippen molar-refractivity contribution in [2.45, 2.75) is 37.0 Å². The van der Waals surface area contributed by atoms with Crippen LogP contribution >= 0.6 is 0 Å². The Hall–Kier alpha value is -1.92. The van der Waals surface area contributed by atoms with Crippen LogP contribution in [0.5, 0.6) is 5.75 Å². The van der Waals surface area contributed by atoms with E-state index in [1.807, 2.05) is 60.7 Å². The van der Waals surface area contributed by atoms with Gasteiger partial charge in [0.25, 0.3) is 0 Å². The first kappa shape index (κ1) is 14.4. The average Bonchev–Trinajstić information content (AvgIpc) is 3.45. The summed E-state index contributed by atoms with van der Waals surface area (Å²) in [5, 5.41) is 0. The van der Waals surface area contributed by atoms with E-state index < -0.39 is 6.29 Å². The van der Waals surface area contributed by atoms with Crippen LogP contribution in [-0.2, 0) is 18.9 Å². The highest BCUT2D eigenvalue weighted by Gasteiger charge is 2.61. The molecule has 0 N–H and O–H groups in total. The van der Waals surface area contributed by atoms with Gasteiger partial charge in [0.15, 0.2) is 6.29 Å². The Balaban J connectivity index is 1.28. The number of hydrogen-bond donors (Lipinski definition) is 0. The largest absolute Gasteiger partial charge is 0.462 e. The molecule has 5 heteroatoms. The first-order valence-electron chi connectivity index (χ1n) is 8.23. The van der Waals surface area contributed by atoms with Crippen molar-refractivity contribution in [3.05, 3.63) is 66.2 Å². The number of hydrogen-bond acceptors (Lipinski definition) is 5. The molecule has 3 fully saturated rings. The zero-order chi connectivity index (χ0) is 15.9. The second-order valence-electron chi connectivity index (χ2n) is 6.22. The lowest BCUT2D eigenvalue weighted by Gasteiger charge is -2.39. The van der Waals surface area contributed by atoms with Crippen LogP contribution in [0, 0.1) is 0 Å². The molecule has 0 radical (unpaired) electrons. The average molecular weight is 326 g/mol. The van der Waals surface area contributed by atoms with Gasteiger partial charge in [-0.25, -0.2) is 0 Å². The van der Waals surface area contributed by atoms with Crippen LogP contribution in [0.4, 0.5) is 0 Å². The summed E-state index contributed by atoms with van der Waals surface area (Å²) in [6.07, 6.45) is -1.16. The highest BCUT2D eigenvalue weighted by Crippen LogP contribution is 2.43. The third-order valence-electron chi connectivity index (χ3n) is 4.59. The van der Waals surface area contributed by atoms with E-state index in [-0.39, 0.29) is 30.7 Å². The van der Waals surface area contributed by atoms with Crippen LogP contribution in [0.15, 0.2) is 60.7 Å². The van der Waals surface area contributed by atoms with Crippen LogP contribution in [0.2, 0.25) is 0 Å². The van der Waals surface area contributed by atoms with E-state index in [1.165, 1.54) is 0 Å². The van der Waals surface area contributed by atoms with Crippen molar-refractivity contribution in [2.24, 2.45) is 0 Å². The smallest absolute Gasteiger partial charge is 0.229 e. The van der Waals surface area contributed by atoms with Crippen molar-refractivity contribution in [2.75, 3.05) is 6.61 Å². The highest BCUT2D eigenvalue weighted by atomic mass is 16.8. The van der Waals surface area contributed by atoms with Gasteiger partial charge < -0.3 is 23.7 Å². The van der Waals surface area contributed by atoms with Gasteiger partial charge in [-0.2, -0.15) is 0 Å². The Labute approximate surface area is 140 Å². The van der Waals surface area contributed by atoms with E-state index in [0.29, 0.717) is 6.61 Å². The van der Waals surface area contributed by atoms with E-state index >= 15 is 0 Å². The lowest BCUT2D eigenvalue weighted by Crippen LogP contribution is -2.53. The molecular formula is C19H18O5. The molecule has 124 valence electrons. The monoisotopic (exact) mass is 326 g/mol. The zero-order valence-electron chi connectivity index (χ0n) is 13.0. The van der Waals surface area contributed by atoms with Gasteiger partial charge in [-0.15, -0.1) is 0 Å². The minimum Gasteiger partial charge on any atom is -0.462 e. The standard InChI is InChI=1S/C19H18O5/c1-3-7-12(8-4-1)18-20-11-14-15(24-18)16-17(23-16)19(22-14)21-13-9-5-2-6-10-13/h1-10,14-19H,11H2/t14-,15-,16-,17-,18?,19-/m1/s1. The molecular weight excluding hydrogens is 308 g/mol. The number of benzene rings is 2. The molecule has 0 amide bonds.